The number of anilines is 1. The van der Waals surface area contributed by atoms with Crippen molar-refractivity contribution in [2.24, 2.45) is 11.3 Å². The number of nitrogens with zero attached hydrogens (tertiary/aromatic N) is 3. The van der Waals surface area contributed by atoms with E-state index in [-0.39, 0.29) is 30.6 Å². The number of aliphatic carboxylic acids is 1. The minimum Gasteiger partial charge on any atom is -0.475 e. The lowest BCUT2D eigenvalue weighted by atomic mass is 9.88. The Bertz CT molecular complexity index is 1390. The first-order valence-corrected chi connectivity index (χ1v) is 16.1. The Morgan fingerprint density at radius 1 is 1.04 bits per heavy atom. The second-order valence-corrected chi connectivity index (χ2v) is 13.8. The zero-order valence-electron chi connectivity index (χ0n) is 25.5. The number of carbonyl (C=O) groups is 4. The van der Waals surface area contributed by atoms with Crippen LogP contribution in [0.2, 0.25) is 0 Å². The quantitative estimate of drug-likeness (QED) is 0.323. The Morgan fingerprint density at radius 3 is 2.28 bits per heavy atom. The van der Waals surface area contributed by atoms with Gasteiger partial charge in [0.15, 0.2) is 0 Å². The number of imide groups is 1. The molecule has 14 heteroatoms. The van der Waals surface area contributed by atoms with Gasteiger partial charge in [-0.25, -0.2) is 13.6 Å². The summed E-state index contributed by atoms with van der Waals surface area (Å²) in [5, 5.41) is 9.52. The Kier molecular flexibility index (Phi) is 8.56. The number of hydrogen-bond acceptors (Lipinski definition) is 6. The largest absolute Gasteiger partial charge is 0.490 e. The highest BCUT2D eigenvalue weighted by Gasteiger charge is 2.72. The highest BCUT2D eigenvalue weighted by Crippen LogP contribution is 2.65. The molecule has 3 amide bonds. The molecule has 0 bridgehead atoms. The predicted octanol–water partition coefficient (Wildman–Crippen LogP) is 4.73. The van der Waals surface area contributed by atoms with Gasteiger partial charge in [-0.3, -0.25) is 24.6 Å². The molecule has 5 fully saturated rings. The molecule has 1 spiro atoms. The second-order valence-electron chi connectivity index (χ2n) is 13.8. The van der Waals surface area contributed by atoms with Crippen LogP contribution in [0, 0.1) is 11.3 Å². The third kappa shape index (κ3) is 6.46. The predicted molar refractivity (Wildman–Crippen MR) is 155 cm³/mol. The van der Waals surface area contributed by atoms with Gasteiger partial charge in [0.25, 0.3) is 11.8 Å². The molecular weight excluding hydrogens is 615 g/mol. The van der Waals surface area contributed by atoms with Gasteiger partial charge >= 0.3 is 12.1 Å². The summed E-state index contributed by atoms with van der Waals surface area (Å²) in [4.78, 5) is 53.1. The van der Waals surface area contributed by atoms with Gasteiger partial charge in [-0.05, 0) is 69.5 Å². The summed E-state index contributed by atoms with van der Waals surface area (Å²) >= 11 is 0. The fraction of sp³-hybridized carbons (Fsp3) is 0.688. The number of piperidine rings is 1. The van der Waals surface area contributed by atoms with Crippen molar-refractivity contribution in [1.29, 1.82) is 0 Å². The first kappa shape index (κ1) is 32.6. The summed E-state index contributed by atoms with van der Waals surface area (Å²) in [5.41, 5.74) is 2.00. The van der Waals surface area contributed by atoms with Gasteiger partial charge < -0.3 is 14.9 Å². The molecule has 9 nitrogen and oxygen atoms in total. The number of carboxylic acid groups (broad SMARTS) is 1. The number of alkyl halides is 5. The van der Waals surface area contributed by atoms with E-state index < -0.39 is 29.5 Å². The number of nitrogens with one attached hydrogen (secondary N) is 1. The van der Waals surface area contributed by atoms with Gasteiger partial charge in [0.1, 0.15) is 6.04 Å². The number of hydrogen-bond donors (Lipinski definition) is 2. The van der Waals surface area contributed by atoms with Gasteiger partial charge in [-0.2, -0.15) is 13.2 Å². The molecule has 7 rings (SSSR count). The Morgan fingerprint density at radius 2 is 1.72 bits per heavy atom. The maximum absolute atomic E-state index is 14.0. The third-order valence-corrected chi connectivity index (χ3v) is 10.8. The topological polar surface area (TPSA) is 110 Å². The molecule has 6 aliphatic rings. The van der Waals surface area contributed by atoms with E-state index in [1.54, 1.807) is 4.90 Å². The van der Waals surface area contributed by atoms with E-state index in [2.05, 4.69) is 21.2 Å². The van der Waals surface area contributed by atoms with Gasteiger partial charge in [-0.1, -0.05) is 18.9 Å². The molecule has 2 atom stereocenters. The van der Waals surface area contributed by atoms with Crippen molar-refractivity contribution in [2.75, 3.05) is 24.5 Å². The smallest absolute Gasteiger partial charge is 0.475 e. The van der Waals surface area contributed by atoms with Crippen LogP contribution in [0.1, 0.15) is 86.6 Å². The standard InChI is InChI=1S/C30H38F2N4O3.C2HF3O2/c31-30(32)17-29(30)13-15-34(18-29)20-6-8-21(9-7-20)35(14-12-19-4-5-19)24-3-1-2-22-23(24)16-36(28(22)39)25-10-11-26(37)33-27(25)38;3-2(4,5)1(6)7/h1-3,19-21,25H,4-18H2,(H,33,37,38);(H,6,7). The summed E-state index contributed by atoms with van der Waals surface area (Å²) in [6.45, 7) is 2.67. The van der Waals surface area contributed by atoms with Crippen molar-refractivity contribution in [1.82, 2.24) is 15.1 Å². The first-order valence-electron chi connectivity index (χ1n) is 16.1. The average molecular weight is 655 g/mol. The molecule has 3 aliphatic heterocycles. The molecule has 2 saturated heterocycles. The second kappa shape index (κ2) is 12.1. The minimum absolute atomic E-state index is 0.0640. The molecule has 2 unspecified atom stereocenters. The van der Waals surface area contributed by atoms with Crippen LogP contribution >= 0.6 is 0 Å². The van der Waals surface area contributed by atoms with E-state index in [1.165, 1.54) is 12.8 Å². The Labute approximate surface area is 263 Å². The maximum atomic E-state index is 14.0. The SMILES string of the molecule is O=C(O)C(F)(F)F.O=C1CCC(N2Cc3c(cccc3N(CCC3CC3)C3CCC(N4CCC5(C4)CC5(F)F)CC3)C2=O)C(=O)N1. The van der Waals surface area contributed by atoms with Crippen LogP contribution in [0.25, 0.3) is 0 Å². The van der Waals surface area contributed by atoms with E-state index in [9.17, 15) is 36.3 Å². The lowest BCUT2D eigenvalue weighted by Crippen LogP contribution is -2.52. The molecule has 3 saturated carbocycles. The Balaban J connectivity index is 0.000000480. The molecule has 46 heavy (non-hydrogen) atoms. The number of likely N-dealkylation sites (tertiary alicyclic amines) is 1. The van der Waals surface area contributed by atoms with E-state index in [0.717, 1.165) is 62.4 Å². The number of benzene rings is 1. The molecule has 1 aromatic rings. The highest BCUT2D eigenvalue weighted by atomic mass is 19.4. The molecule has 0 aromatic heterocycles. The molecule has 2 N–H and O–H groups in total. The molecule has 3 aliphatic carbocycles. The highest BCUT2D eigenvalue weighted by molar-refractivity contribution is 6.06. The summed E-state index contributed by atoms with van der Waals surface area (Å²) in [5.74, 6) is -5.24. The number of amides is 3. The van der Waals surface area contributed by atoms with Crippen LogP contribution in [-0.4, -0.2) is 88.5 Å². The van der Waals surface area contributed by atoms with E-state index in [0.29, 0.717) is 43.6 Å². The molecule has 0 radical (unpaired) electrons. The monoisotopic (exact) mass is 654 g/mol. The molecule has 3 heterocycles. The van der Waals surface area contributed by atoms with Gasteiger partial charge in [0.05, 0.1) is 5.41 Å². The summed E-state index contributed by atoms with van der Waals surface area (Å²) in [6, 6.07) is 6.06. The van der Waals surface area contributed by atoms with Crippen molar-refractivity contribution in [3.63, 3.8) is 0 Å². The van der Waals surface area contributed by atoms with Crippen LogP contribution in [0.4, 0.5) is 27.6 Å². The zero-order chi connectivity index (χ0) is 33.0. The van der Waals surface area contributed by atoms with Crippen LogP contribution in [0.5, 0.6) is 0 Å². The lowest BCUT2D eigenvalue weighted by Gasteiger charge is -2.41. The number of fused-ring (bicyclic) bond motifs is 1. The van der Waals surface area contributed by atoms with Crippen LogP contribution in [-0.2, 0) is 20.9 Å². The van der Waals surface area contributed by atoms with Crippen molar-refractivity contribution in [3.8, 4) is 0 Å². The molecule has 252 valence electrons. The van der Waals surface area contributed by atoms with Gasteiger partial charge in [0.2, 0.25) is 11.8 Å². The van der Waals surface area contributed by atoms with E-state index in [4.69, 9.17) is 9.90 Å². The van der Waals surface area contributed by atoms with E-state index in [1.807, 2.05) is 12.1 Å². The minimum atomic E-state index is -5.08. The number of carbonyl (C=O) groups excluding carboxylic acids is 3. The lowest BCUT2D eigenvalue weighted by molar-refractivity contribution is -0.192. The van der Waals surface area contributed by atoms with Crippen molar-refractivity contribution >= 4 is 29.4 Å². The van der Waals surface area contributed by atoms with Crippen LogP contribution in [0.15, 0.2) is 18.2 Å². The number of rotatable bonds is 7. The fourth-order valence-electron chi connectivity index (χ4n) is 7.84. The zero-order valence-corrected chi connectivity index (χ0v) is 25.5. The number of carboxylic acids is 1. The fourth-order valence-corrected chi connectivity index (χ4v) is 7.84. The summed E-state index contributed by atoms with van der Waals surface area (Å²) in [6.07, 6.45) is 3.99. The summed E-state index contributed by atoms with van der Waals surface area (Å²) in [7, 11) is 0. The molecule has 1 aromatic carbocycles. The van der Waals surface area contributed by atoms with Crippen LogP contribution < -0.4 is 10.2 Å². The number of halogens is 5. The Hall–Kier alpha value is -3.29. The summed E-state index contributed by atoms with van der Waals surface area (Å²) < 4.78 is 59.7. The van der Waals surface area contributed by atoms with Crippen molar-refractivity contribution in [3.05, 3.63) is 29.3 Å². The maximum Gasteiger partial charge on any atom is 0.490 e. The van der Waals surface area contributed by atoms with E-state index >= 15 is 0 Å². The third-order valence-electron chi connectivity index (χ3n) is 10.8. The van der Waals surface area contributed by atoms with Crippen molar-refractivity contribution in [2.45, 2.75) is 107 Å². The van der Waals surface area contributed by atoms with Crippen LogP contribution in [0.3, 0.4) is 0 Å². The normalized spacial score (nSPS) is 30.5. The first-order chi connectivity index (χ1) is 21.7. The van der Waals surface area contributed by atoms with Gasteiger partial charge in [0, 0.05) is 61.4 Å². The van der Waals surface area contributed by atoms with Crippen molar-refractivity contribution < 1.29 is 46.2 Å². The average Bonchev–Trinajstić information content (AvgIpc) is 3.81. The van der Waals surface area contributed by atoms with Gasteiger partial charge in [-0.15, -0.1) is 0 Å². The molecular formula is C32H39F5N4O5.